The molecule has 0 saturated carbocycles. The summed E-state index contributed by atoms with van der Waals surface area (Å²) in [5.41, 5.74) is 1.83. The van der Waals surface area contributed by atoms with Crippen LogP contribution in [-0.4, -0.2) is 0 Å². The first kappa shape index (κ1) is 14.5. The number of hydrogen-bond acceptors (Lipinski definition) is 2. The van der Waals surface area contributed by atoms with E-state index in [-0.39, 0.29) is 11.9 Å². The number of hydrogen-bond donors (Lipinski definition) is 1. The molecule has 0 aliphatic carbocycles. The normalized spacial score (nSPS) is 11.9. The van der Waals surface area contributed by atoms with Gasteiger partial charge in [0.2, 0.25) is 0 Å². The van der Waals surface area contributed by atoms with Crippen LogP contribution in [0.15, 0.2) is 42.5 Å². The largest absolute Gasteiger partial charge is 0.306 e. The number of benzene rings is 2. The van der Waals surface area contributed by atoms with Crippen LogP contribution in [0.4, 0.5) is 4.39 Å². The Morgan fingerprint density at radius 2 is 2.05 bits per heavy atom. The maximum Gasteiger partial charge on any atom is 0.129 e. The van der Waals surface area contributed by atoms with Crippen LogP contribution >= 0.6 is 11.6 Å². The fraction of sp³-hybridized carbons (Fsp3) is 0.188. The van der Waals surface area contributed by atoms with Gasteiger partial charge in [-0.1, -0.05) is 35.9 Å². The maximum atomic E-state index is 13.8. The summed E-state index contributed by atoms with van der Waals surface area (Å²) in [5.74, 6) is -0.372. The van der Waals surface area contributed by atoms with E-state index in [1.807, 2.05) is 37.3 Å². The van der Waals surface area contributed by atoms with Gasteiger partial charge in [-0.15, -0.1) is 0 Å². The van der Waals surface area contributed by atoms with Crippen molar-refractivity contribution in [1.29, 1.82) is 5.26 Å². The van der Waals surface area contributed by atoms with E-state index in [4.69, 9.17) is 16.9 Å². The second kappa shape index (κ2) is 6.51. The molecule has 2 nitrogen and oxygen atoms in total. The second-order valence-electron chi connectivity index (χ2n) is 4.54. The van der Waals surface area contributed by atoms with Crippen LogP contribution < -0.4 is 5.32 Å². The Morgan fingerprint density at radius 3 is 2.70 bits per heavy atom. The van der Waals surface area contributed by atoms with E-state index < -0.39 is 0 Å². The smallest absolute Gasteiger partial charge is 0.129 e. The van der Waals surface area contributed by atoms with Gasteiger partial charge in [-0.2, -0.15) is 5.26 Å². The molecular weight excluding hydrogens is 275 g/mol. The van der Waals surface area contributed by atoms with Crippen molar-refractivity contribution in [3.8, 4) is 6.07 Å². The topological polar surface area (TPSA) is 35.8 Å². The maximum absolute atomic E-state index is 13.8. The zero-order valence-corrected chi connectivity index (χ0v) is 11.8. The number of nitrogens with zero attached hydrogens (tertiary/aromatic N) is 1. The predicted octanol–water partition coefficient (Wildman–Crippen LogP) is 4.20. The van der Waals surface area contributed by atoms with Gasteiger partial charge in [0.25, 0.3) is 0 Å². The molecule has 102 valence electrons. The molecule has 4 heteroatoms. The number of nitriles is 1. The van der Waals surface area contributed by atoms with E-state index in [9.17, 15) is 4.39 Å². The van der Waals surface area contributed by atoms with E-state index in [0.29, 0.717) is 22.7 Å². The summed E-state index contributed by atoms with van der Waals surface area (Å²) >= 11 is 6.12. The molecule has 1 atom stereocenters. The lowest BCUT2D eigenvalue weighted by molar-refractivity contribution is 0.544. The summed E-state index contributed by atoms with van der Waals surface area (Å²) in [7, 11) is 0. The second-order valence-corrected chi connectivity index (χ2v) is 4.95. The van der Waals surface area contributed by atoms with Crippen molar-refractivity contribution >= 4 is 11.6 Å². The molecule has 0 aliphatic rings. The summed E-state index contributed by atoms with van der Waals surface area (Å²) in [6.07, 6.45) is 0. The summed E-state index contributed by atoms with van der Waals surface area (Å²) < 4.78 is 13.8. The van der Waals surface area contributed by atoms with Crippen molar-refractivity contribution < 1.29 is 4.39 Å². The third-order valence-corrected chi connectivity index (χ3v) is 3.50. The number of halogens is 2. The lowest BCUT2D eigenvalue weighted by atomic mass is 10.1. The quantitative estimate of drug-likeness (QED) is 0.915. The zero-order valence-electron chi connectivity index (χ0n) is 11.0. The van der Waals surface area contributed by atoms with Gasteiger partial charge in [0.15, 0.2) is 0 Å². The van der Waals surface area contributed by atoms with Crippen molar-refractivity contribution in [3.63, 3.8) is 0 Å². The molecular formula is C16H14ClFN2. The van der Waals surface area contributed by atoms with E-state index in [2.05, 4.69) is 5.32 Å². The highest BCUT2D eigenvalue weighted by Crippen LogP contribution is 2.22. The van der Waals surface area contributed by atoms with Gasteiger partial charge in [-0.25, -0.2) is 4.39 Å². The predicted molar refractivity (Wildman–Crippen MR) is 77.8 cm³/mol. The van der Waals surface area contributed by atoms with Gasteiger partial charge >= 0.3 is 0 Å². The van der Waals surface area contributed by atoms with Crippen molar-refractivity contribution in [2.45, 2.75) is 19.5 Å². The molecule has 0 fully saturated rings. The molecule has 2 rings (SSSR count). The minimum Gasteiger partial charge on any atom is -0.306 e. The third kappa shape index (κ3) is 3.36. The fourth-order valence-electron chi connectivity index (χ4n) is 1.96. The van der Waals surface area contributed by atoms with Crippen LogP contribution in [0.25, 0.3) is 0 Å². The molecule has 0 aromatic heterocycles. The summed E-state index contributed by atoms with van der Waals surface area (Å²) in [6, 6.07) is 14.0. The molecule has 0 amide bonds. The van der Waals surface area contributed by atoms with Gasteiger partial charge in [0, 0.05) is 23.2 Å². The summed E-state index contributed by atoms with van der Waals surface area (Å²) in [4.78, 5) is 0. The Morgan fingerprint density at radius 1 is 1.30 bits per heavy atom. The van der Waals surface area contributed by atoms with Crippen molar-refractivity contribution in [2.75, 3.05) is 0 Å². The molecule has 2 aromatic carbocycles. The van der Waals surface area contributed by atoms with Gasteiger partial charge in [0.05, 0.1) is 11.6 Å². The highest BCUT2D eigenvalue weighted by Gasteiger charge is 2.10. The van der Waals surface area contributed by atoms with Crippen LogP contribution in [-0.2, 0) is 6.54 Å². The average molecular weight is 289 g/mol. The molecule has 0 spiro atoms. The van der Waals surface area contributed by atoms with Crippen molar-refractivity contribution in [1.82, 2.24) is 5.32 Å². The minimum atomic E-state index is -0.372. The molecule has 1 N–H and O–H groups in total. The lowest BCUT2D eigenvalue weighted by Gasteiger charge is -2.16. The van der Waals surface area contributed by atoms with Crippen LogP contribution in [0.1, 0.15) is 29.7 Å². The molecule has 20 heavy (non-hydrogen) atoms. The molecule has 0 bridgehead atoms. The van der Waals surface area contributed by atoms with Crippen molar-refractivity contribution in [3.05, 3.63) is 70.0 Å². The first-order valence-corrected chi connectivity index (χ1v) is 6.66. The first-order valence-electron chi connectivity index (χ1n) is 6.28. The highest BCUT2D eigenvalue weighted by molar-refractivity contribution is 6.31. The van der Waals surface area contributed by atoms with Gasteiger partial charge in [-0.05, 0) is 30.7 Å². The summed E-state index contributed by atoms with van der Waals surface area (Å²) in [6.45, 7) is 2.35. The molecule has 2 aromatic rings. The van der Waals surface area contributed by atoms with E-state index >= 15 is 0 Å². The Balaban J connectivity index is 2.06. The van der Waals surface area contributed by atoms with Crippen LogP contribution in [0, 0.1) is 17.1 Å². The zero-order chi connectivity index (χ0) is 14.5. The Bertz CT molecular complexity index is 649. The highest BCUT2D eigenvalue weighted by atomic mass is 35.5. The standard InChI is InChI=1S/C16H14ClFN2/c1-11(14-4-2-3-5-15(14)17)20-10-13-7-6-12(9-19)8-16(13)18/h2-8,11,20H,10H2,1H3/t11-/m1/s1. The SMILES string of the molecule is C[C@@H](NCc1ccc(C#N)cc1F)c1ccccc1Cl. The van der Waals surface area contributed by atoms with Crippen LogP contribution in [0.3, 0.4) is 0 Å². The Kier molecular flexibility index (Phi) is 4.73. The fourth-order valence-corrected chi connectivity index (χ4v) is 2.26. The minimum absolute atomic E-state index is 0.0127. The van der Waals surface area contributed by atoms with Gasteiger partial charge in [-0.3, -0.25) is 0 Å². The van der Waals surface area contributed by atoms with Gasteiger partial charge in [0.1, 0.15) is 5.82 Å². The molecule has 0 aliphatic heterocycles. The molecule has 0 heterocycles. The Labute approximate surface area is 122 Å². The van der Waals surface area contributed by atoms with Gasteiger partial charge < -0.3 is 5.32 Å². The van der Waals surface area contributed by atoms with E-state index in [1.165, 1.54) is 6.07 Å². The molecule has 0 saturated heterocycles. The lowest BCUT2D eigenvalue weighted by Crippen LogP contribution is -2.19. The molecule has 0 radical (unpaired) electrons. The monoisotopic (exact) mass is 288 g/mol. The number of nitrogens with one attached hydrogen (secondary N) is 1. The third-order valence-electron chi connectivity index (χ3n) is 3.15. The number of rotatable bonds is 4. The first-order chi connectivity index (χ1) is 9.61. The average Bonchev–Trinajstić information content (AvgIpc) is 2.46. The van der Waals surface area contributed by atoms with E-state index in [0.717, 1.165) is 5.56 Å². The summed E-state index contributed by atoms with van der Waals surface area (Å²) in [5, 5.41) is 12.6. The van der Waals surface area contributed by atoms with Crippen LogP contribution in [0.2, 0.25) is 5.02 Å². The Hall–Kier alpha value is -1.89. The van der Waals surface area contributed by atoms with Crippen molar-refractivity contribution in [2.24, 2.45) is 0 Å². The van der Waals surface area contributed by atoms with Crippen LogP contribution in [0.5, 0.6) is 0 Å². The molecule has 0 unspecified atom stereocenters. The van der Waals surface area contributed by atoms with E-state index in [1.54, 1.807) is 12.1 Å².